The Balaban J connectivity index is 2.27. The zero-order valence-electron chi connectivity index (χ0n) is 9.88. The minimum absolute atomic E-state index is 0.159. The molecule has 17 heavy (non-hydrogen) atoms. The van der Waals surface area contributed by atoms with E-state index in [1.807, 2.05) is 0 Å². The summed E-state index contributed by atoms with van der Waals surface area (Å²) in [5, 5.41) is 10.7. The van der Waals surface area contributed by atoms with Crippen LogP contribution >= 0.6 is 11.3 Å². The summed E-state index contributed by atoms with van der Waals surface area (Å²) in [7, 11) is -3.48. The molecular weight excluding hydrogens is 260 g/mol. The number of aryl methyl sites for hydroxylation is 1. The van der Waals surface area contributed by atoms with E-state index in [0.717, 1.165) is 5.01 Å². The summed E-state index contributed by atoms with van der Waals surface area (Å²) in [6.45, 7) is 4.07. The second-order valence-electron chi connectivity index (χ2n) is 4.64. The maximum absolute atomic E-state index is 12.3. The number of β-amino-alcohol motifs (C(OH)–C–C–N with tert-alkyl or cyclic N) is 1. The number of sulfonamides is 1. The van der Waals surface area contributed by atoms with Gasteiger partial charge in [0.1, 0.15) is 0 Å². The van der Waals surface area contributed by atoms with Crippen LogP contribution in [0.15, 0.2) is 10.4 Å². The number of hydrogen-bond donors (Lipinski definition) is 1. The molecule has 5 nitrogen and oxygen atoms in total. The topological polar surface area (TPSA) is 70.5 Å². The molecule has 2 rings (SSSR count). The maximum Gasteiger partial charge on any atom is 0.254 e. The molecule has 2 heterocycles. The Morgan fingerprint density at radius 2 is 2.29 bits per heavy atom. The molecule has 1 aliphatic heterocycles. The van der Waals surface area contributed by atoms with Crippen molar-refractivity contribution in [2.45, 2.75) is 36.5 Å². The molecule has 0 radical (unpaired) electrons. The molecule has 1 unspecified atom stereocenters. The van der Waals surface area contributed by atoms with Crippen LogP contribution in [0.1, 0.15) is 24.8 Å². The van der Waals surface area contributed by atoms with Crippen molar-refractivity contribution in [2.24, 2.45) is 0 Å². The zero-order valence-corrected chi connectivity index (χ0v) is 11.5. The van der Waals surface area contributed by atoms with Crippen LogP contribution < -0.4 is 0 Å². The first-order valence-corrected chi connectivity index (χ1v) is 7.72. The van der Waals surface area contributed by atoms with Gasteiger partial charge < -0.3 is 5.11 Å². The van der Waals surface area contributed by atoms with Crippen LogP contribution in [0.4, 0.5) is 0 Å². The van der Waals surface area contributed by atoms with Gasteiger partial charge in [0.05, 0.1) is 16.8 Å². The van der Waals surface area contributed by atoms with Crippen molar-refractivity contribution in [3.63, 3.8) is 0 Å². The molecule has 0 spiro atoms. The summed E-state index contributed by atoms with van der Waals surface area (Å²) >= 11 is 1.17. The number of nitrogens with zero attached hydrogens (tertiary/aromatic N) is 2. The van der Waals surface area contributed by atoms with Gasteiger partial charge in [0.25, 0.3) is 10.0 Å². The standard InChI is InChI=1S/C10H16N2O3S2/c1-8-11-6-9(16-8)17(14,15)12-5-3-4-10(2,13)7-12/h6,13H,3-5,7H2,1-2H3. The second kappa shape index (κ2) is 4.31. The van der Waals surface area contributed by atoms with Crippen LogP contribution in [0.3, 0.4) is 0 Å². The van der Waals surface area contributed by atoms with Gasteiger partial charge in [-0.25, -0.2) is 13.4 Å². The lowest BCUT2D eigenvalue weighted by Crippen LogP contribution is -2.48. The Morgan fingerprint density at radius 1 is 1.59 bits per heavy atom. The highest BCUT2D eigenvalue weighted by Crippen LogP contribution is 2.28. The van der Waals surface area contributed by atoms with E-state index in [0.29, 0.717) is 19.4 Å². The van der Waals surface area contributed by atoms with E-state index in [1.54, 1.807) is 13.8 Å². The predicted molar refractivity (Wildman–Crippen MR) is 65.5 cm³/mol. The highest BCUT2D eigenvalue weighted by molar-refractivity contribution is 7.91. The van der Waals surface area contributed by atoms with Crippen molar-refractivity contribution < 1.29 is 13.5 Å². The SMILES string of the molecule is Cc1ncc(S(=O)(=O)N2CCCC(C)(O)C2)s1. The minimum atomic E-state index is -3.48. The van der Waals surface area contributed by atoms with E-state index < -0.39 is 15.6 Å². The summed E-state index contributed by atoms with van der Waals surface area (Å²) in [6.07, 6.45) is 2.71. The molecule has 0 aliphatic carbocycles. The van der Waals surface area contributed by atoms with Crippen molar-refractivity contribution in [1.29, 1.82) is 0 Å². The van der Waals surface area contributed by atoms with Gasteiger partial charge >= 0.3 is 0 Å². The van der Waals surface area contributed by atoms with Gasteiger partial charge in [0, 0.05) is 13.1 Å². The fourth-order valence-electron chi connectivity index (χ4n) is 1.97. The molecule has 1 saturated heterocycles. The molecule has 1 atom stereocenters. The zero-order chi connectivity index (χ0) is 12.7. The lowest BCUT2D eigenvalue weighted by atomic mass is 9.97. The summed E-state index contributed by atoms with van der Waals surface area (Å²) in [4.78, 5) is 3.96. The van der Waals surface area contributed by atoms with E-state index in [1.165, 1.54) is 21.8 Å². The van der Waals surface area contributed by atoms with E-state index in [2.05, 4.69) is 4.98 Å². The van der Waals surface area contributed by atoms with Crippen molar-refractivity contribution in [2.75, 3.05) is 13.1 Å². The normalized spacial score (nSPS) is 27.2. The monoisotopic (exact) mass is 276 g/mol. The Labute approximate surface area is 105 Å². The maximum atomic E-state index is 12.3. The van der Waals surface area contributed by atoms with Crippen LogP contribution in [0.25, 0.3) is 0 Å². The van der Waals surface area contributed by atoms with E-state index in [9.17, 15) is 13.5 Å². The van der Waals surface area contributed by atoms with Crippen LogP contribution in [-0.4, -0.2) is 41.5 Å². The third-order valence-corrected chi connectivity index (χ3v) is 6.03. The number of hydrogen-bond acceptors (Lipinski definition) is 5. The molecule has 0 aromatic carbocycles. The van der Waals surface area contributed by atoms with Crippen molar-refractivity contribution in [1.82, 2.24) is 9.29 Å². The van der Waals surface area contributed by atoms with Crippen LogP contribution in [0.5, 0.6) is 0 Å². The molecule has 0 bridgehead atoms. The molecule has 96 valence electrons. The quantitative estimate of drug-likeness (QED) is 0.874. The van der Waals surface area contributed by atoms with Gasteiger partial charge in [-0.15, -0.1) is 11.3 Å². The molecule has 7 heteroatoms. The second-order valence-corrected chi connectivity index (χ2v) is 8.04. The fraction of sp³-hybridized carbons (Fsp3) is 0.700. The average molecular weight is 276 g/mol. The number of aromatic nitrogens is 1. The summed E-state index contributed by atoms with van der Waals surface area (Å²) in [5.41, 5.74) is -0.926. The van der Waals surface area contributed by atoms with E-state index >= 15 is 0 Å². The molecule has 1 N–H and O–H groups in total. The third-order valence-electron chi connectivity index (χ3n) is 2.83. The first-order valence-electron chi connectivity index (χ1n) is 5.46. The number of piperidine rings is 1. The van der Waals surface area contributed by atoms with Gasteiger partial charge in [-0.3, -0.25) is 0 Å². The van der Waals surface area contributed by atoms with Crippen LogP contribution in [0, 0.1) is 6.92 Å². The Bertz CT molecular complexity index is 507. The summed E-state index contributed by atoms with van der Waals surface area (Å²) in [6, 6.07) is 0. The van der Waals surface area contributed by atoms with E-state index in [-0.39, 0.29) is 10.8 Å². The Kier molecular flexibility index (Phi) is 3.28. The minimum Gasteiger partial charge on any atom is -0.389 e. The van der Waals surface area contributed by atoms with Crippen molar-refractivity contribution in [3.05, 3.63) is 11.2 Å². The number of aliphatic hydroxyl groups is 1. The highest BCUT2D eigenvalue weighted by atomic mass is 32.2. The van der Waals surface area contributed by atoms with E-state index in [4.69, 9.17) is 0 Å². The first kappa shape index (κ1) is 12.9. The Morgan fingerprint density at radius 3 is 2.82 bits per heavy atom. The Hall–Kier alpha value is -0.500. The van der Waals surface area contributed by atoms with Gasteiger partial charge in [-0.2, -0.15) is 4.31 Å². The van der Waals surface area contributed by atoms with Crippen molar-refractivity contribution >= 4 is 21.4 Å². The molecular formula is C10H16N2O3S2. The van der Waals surface area contributed by atoms with Crippen molar-refractivity contribution in [3.8, 4) is 0 Å². The van der Waals surface area contributed by atoms with Gasteiger partial charge in [-0.1, -0.05) is 0 Å². The lowest BCUT2D eigenvalue weighted by Gasteiger charge is -2.35. The molecule has 1 aromatic heterocycles. The molecule has 1 aliphatic rings. The predicted octanol–water partition coefficient (Wildman–Crippen LogP) is 0.987. The van der Waals surface area contributed by atoms with Gasteiger partial charge in [0.15, 0.2) is 4.21 Å². The smallest absolute Gasteiger partial charge is 0.254 e. The number of thiazole rings is 1. The summed E-state index contributed by atoms with van der Waals surface area (Å²) < 4.78 is 26.2. The molecule has 1 fully saturated rings. The molecule has 0 amide bonds. The van der Waals surface area contributed by atoms with Crippen LogP contribution in [0.2, 0.25) is 0 Å². The third kappa shape index (κ3) is 2.67. The largest absolute Gasteiger partial charge is 0.389 e. The lowest BCUT2D eigenvalue weighted by molar-refractivity contribution is 0.00945. The molecule has 0 saturated carbocycles. The first-order chi connectivity index (χ1) is 7.81. The highest BCUT2D eigenvalue weighted by Gasteiger charge is 2.36. The fourth-order valence-corrected chi connectivity index (χ4v) is 4.83. The summed E-state index contributed by atoms with van der Waals surface area (Å²) in [5.74, 6) is 0. The number of rotatable bonds is 2. The van der Waals surface area contributed by atoms with Gasteiger partial charge in [0.2, 0.25) is 0 Å². The van der Waals surface area contributed by atoms with Crippen LogP contribution in [-0.2, 0) is 10.0 Å². The average Bonchev–Trinajstić information content (AvgIpc) is 2.64. The molecule has 1 aromatic rings. The van der Waals surface area contributed by atoms with Gasteiger partial charge in [-0.05, 0) is 26.7 Å².